The molecule has 1 aromatic heterocycles. The second-order valence-corrected chi connectivity index (χ2v) is 3.41. The highest BCUT2D eigenvalue weighted by molar-refractivity contribution is 5.37. The Hall–Kier alpha value is -1.95. The normalized spacial score (nSPS) is 10.5. The molecule has 0 radical (unpaired) electrons. The summed E-state index contributed by atoms with van der Waals surface area (Å²) in [6.07, 6.45) is 0.431. The third-order valence-electron chi connectivity index (χ3n) is 2.26. The molecule has 6 nitrogen and oxygen atoms in total. The van der Waals surface area contributed by atoms with E-state index in [2.05, 4.69) is 15.5 Å². The molecule has 0 unspecified atom stereocenters. The Kier molecular flexibility index (Phi) is 3.66. The van der Waals surface area contributed by atoms with Gasteiger partial charge in [-0.15, -0.1) is 5.10 Å². The Morgan fingerprint density at radius 3 is 2.71 bits per heavy atom. The van der Waals surface area contributed by atoms with Gasteiger partial charge in [-0.05, 0) is 41.6 Å². The molecule has 1 heterocycles. The Morgan fingerprint density at radius 1 is 1.29 bits per heavy atom. The summed E-state index contributed by atoms with van der Waals surface area (Å²) in [4.78, 5) is 0. The van der Waals surface area contributed by atoms with E-state index in [0.717, 1.165) is 11.4 Å². The van der Waals surface area contributed by atoms with Crippen molar-refractivity contribution in [2.24, 2.45) is 0 Å². The summed E-state index contributed by atoms with van der Waals surface area (Å²) < 4.78 is 6.96. The lowest BCUT2D eigenvalue weighted by Crippen LogP contribution is -2.05. The summed E-state index contributed by atoms with van der Waals surface area (Å²) in [6.45, 7) is 2.60. The number of rotatable bonds is 5. The zero-order chi connectivity index (χ0) is 12.1. The molecule has 0 bridgehead atoms. The monoisotopic (exact) mass is 234 g/mol. The second kappa shape index (κ2) is 5.40. The van der Waals surface area contributed by atoms with Crippen LogP contribution in [0.5, 0.6) is 5.75 Å². The minimum absolute atomic E-state index is 0.0252. The van der Waals surface area contributed by atoms with Crippen LogP contribution in [0.2, 0.25) is 0 Å². The van der Waals surface area contributed by atoms with Gasteiger partial charge in [0.05, 0.1) is 18.9 Å². The predicted molar refractivity (Wildman–Crippen MR) is 61.1 cm³/mol. The van der Waals surface area contributed by atoms with E-state index in [1.54, 1.807) is 4.68 Å². The van der Waals surface area contributed by atoms with Gasteiger partial charge in [-0.1, -0.05) is 0 Å². The van der Waals surface area contributed by atoms with E-state index in [1.807, 2.05) is 31.2 Å². The van der Waals surface area contributed by atoms with Crippen LogP contribution in [-0.4, -0.2) is 38.5 Å². The number of nitrogens with zero attached hydrogens (tertiary/aromatic N) is 4. The molecular formula is C11H14N4O2. The number of hydrogen-bond acceptors (Lipinski definition) is 5. The van der Waals surface area contributed by atoms with Gasteiger partial charge in [-0.3, -0.25) is 0 Å². The first-order valence-electron chi connectivity index (χ1n) is 5.46. The lowest BCUT2D eigenvalue weighted by molar-refractivity contribution is 0.295. The number of aromatic nitrogens is 4. The van der Waals surface area contributed by atoms with Crippen molar-refractivity contribution < 1.29 is 9.84 Å². The van der Waals surface area contributed by atoms with E-state index >= 15 is 0 Å². The van der Waals surface area contributed by atoms with Crippen molar-refractivity contribution in [2.45, 2.75) is 13.3 Å². The minimum Gasteiger partial charge on any atom is -0.494 e. The molecule has 0 aliphatic rings. The van der Waals surface area contributed by atoms with Gasteiger partial charge in [0.2, 0.25) is 0 Å². The first kappa shape index (κ1) is 11.5. The maximum absolute atomic E-state index is 8.89. The van der Waals surface area contributed by atoms with Crippen LogP contribution in [0.25, 0.3) is 5.69 Å². The van der Waals surface area contributed by atoms with Crippen LogP contribution in [-0.2, 0) is 6.42 Å². The van der Waals surface area contributed by atoms with Crippen molar-refractivity contribution in [3.63, 3.8) is 0 Å². The highest BCUT2D eigenvalue weighted by atomic mass is 16.5. The number of benzene rings is 1. The molecule has 1 aromatic carbocycles. The third kappa shape index (κ3) is 2.59. The molecule has 0 aliphatic carbocycles. The van der Waals surface area contributed by atoms with Crippen molar-refractivity contribution in [2.75, 3.05) is 13.2 Å². The summed E-state index contributed by atoms with van der Waals surface area (Å²) in [5.41, 5.74) is 0.849. The average molecular weight is 234 g/mol. The molecule has 0 aliphatic heterocycles. The van der Waals surface area contributed by atoms with Gasteiger partial charge in [0.15, 0.2) is 5.82 Å². The average Bonchev–Trinajstić information content (AvgIpc) is 2.79. The molecule has 1 N–H and O–H groups in total. The van der Waals surface area contributed by atoms with Gasteiger partial charge < -0.3 is 9.84 Å². The highest BCUT2D eigenvalue weighted by Gasteiger charge is 2.07. The van der Waals surface area contributed by atoms with Crippen LogP contribution in [0, 0.1) is 0 Å². The van der Waals surface area contributed by atoms with Crippen LogP contribution in [0.3, 0.4) is 0 Å². The second-order valence-electron chi connectivity index (χ2n) is 3.41. The van der Waals surface area contributed by atoms with Crippen LogP contribution in [0.4, 0.5) is 0 Å². The molecule has 90 valence electrons. The minimum atomic E-state index is 0.0252. The van der Waals surface area contributed by atoms with Crippen LogP contribution >= 0.6 is 0 Å². The third-order valence-corrected chi connectivity index (χ3v) is 2.26. The fourth-order valence-corrected chi connectivity index (χ4v) is 1.51. The van der Waals surface area contributed by atoms with Crippen molar-refractivity contribution in [1.29, 1.82) is 0 Å². The summed E-state index contributed by atoms with van der Waals surface area (Å²) in [6, 6.07) is 7.48. The molecule has 0 saturated carbocycles. The molecule has 0 fully saturated rings. The van der Waals surface area contributed by atoms with Gasteiger partial charge in [0.25, 0.3) is 0 Å². The van der Waals surface area contributed by atoms with Gasteiger partial charge in [0.1, 0.15) is 5.75 Å². The highest BCUT2D eigenvalue weighted by Crippen LogP contribution is 2.15. The zero-order valence-electron chi connectivity index (χ0n) is 9.58. The first-order chi connectivity index (χ1) is 8.35. The molecule has 0 saturated heterocycles. The Balaban J connectivity index is 2.23. The molecular weight excluding hydrogens is 220 g/mol. The Labute approximate surface area is 98.8 Å². The number of hydrogen-bond donors (Lipinski definition) is 1. The number of aliphatic hydroxyl groups is 1. The quantitative estimate of drug-likeness (QED) is 0.820. The van der Waals surface area contributed by atoms with E-state index in [0.29, 0.717) is 18.9 Å². The van der Waals surface area contributed by atoms with Crippen molar-refractivity contribution in [3.8, 4) is 11.4 Å². The summed E-state index contributed by atoms with van der Waals surface area (Å²) >= 11 is 0. The fourth-order valence-electron chi connectivity index (χ4n) is 1.51. The van der Waals surface area contributed by atoms with E-state index in [1.165, 1.54) is 0 Å². The van der Waals surface area contributed by atoms with Crippen molar-refractivity contribution in [1.82, 2.24) is 20.2 Å². The van der Waals surface area contributed by atoms with Crippen molar-refractivity contribution in [3.05, 3.63) is 30.1 Å². The largest absolute Gasteiger partial charge is 0.494 e. The lowest BCUT2D eigenvalue weighted by atomic mass is 10.3. The predicted octanol–water partition coefficient (Wildman–Crippen LogP) is 0.596. The fraction of sp³-hybridized carbons (Fsp3) is 0.364. The standard InChI is InChI=1S/C11H14N4O2/c1-2-17-10-5-3-9(4-6-10)15-11(7-8-16)12-13-14-15/h3-6,16H,2,7-8H2,1H3. The van der Waals surface area contributed by atoms with E-state index in [-0.39, 0.29) is 6.61 Å². The van der Waals surface area contributed by atoms with Crippen LogP contribution < -0.4 is 4.74 Å². The van der Waals surface area contributed by atoms with Gasteiger partial charge >= 0.3 is 0 Å². The molecule has 0 amide bonds. The summed E-state index contributed by atoms with van der Waals surface area (Å²) in [5.74, 6) is 1.45. The molecule has 0 spiro atoms. The first-order valence-corrected chi connectivity index (χ1v) is 5.46. The molecule has 2 rings (SSSR count). The SMILES string of the molecule is CCOc1ccc(-n2nnnc2CCO)cc1. The Morgan fingerprint density at radius 2 is 2.06 bits per heavy atom. The van der Waals surface area contributed by atoms with E-state index in [4.69, 9.17) is 9.84 Å². The topological polar surface area (TPSA) is 73.1 Å². The van der Waals surface area contributed by atoms with Gasteiger partial charge in [-0.2, -0.15) is 4.68 Å². The number of tetrazole rings is 1. The number of aliphatic hydroxyl groups excluding tert-OH is 1. The van der Waals surface area contributed by atoms with E-state index < -0.39 is 0 Å². The van der Waals surface area contributed by atoms with E-state index in [9.17, 15) is 0 Å². The smallest absolute Gasteiger partial charge is 0.158 e. The zero-order valence-corrected chi connectivity index (χ0v) is 9.58. The molecule has 2 aromatic rings. The Bertz CT molecular complexity index is 467. The summed E-state index contributed by atoms with van der Waals surface area (Å²) in [7, 11) is 0. The summed E-state index contributed by atoms with van der Waals surface area (Å²) in [5, 5.41) is 20.2. The number of ether oxygens (including phenoxy) is 1. The van der Waals surface area contributed by atoms with Crippen molar-refractivity contribution >= 4 is 0 Å². The van der Waals surface area contributed by atoms with Gasteiger partial charge in [-0.25, -0.2) is 0 Å². The maximum atomic E-state index is 8.89. The van der Waals surface area contributed by atoms with Gasteiger partial charge in [0, 0.05) is 6.42 Å². The molecule has 0 atom stereocenters. The molecule has 6 heteroatoms. The van der Waals surface area contributed by atoms with Crippen LogP contribution in [0.1, 0.15) is 12.7 Å². The lowest BCUT2D eigenvalue weighted by Gasteiger charge is -2.05. The molecule has 17 heavy (non-hydrogen) atoms. The van der Waals surface area contributed by atoms with Crippen LogP contribution in [0.15, 0.2) is 24.3 Å². The maximum Gasteiger partial charge on any atom is 0.158 e.